The van der Waals surface area contributed by atoms with Gasteiger partial charge in [-0.05, 0) is 19.3 Å². The van der Waals surface area contributed by atoms with E-state index >= 15 is 0 Å². The molecule has 404 valence electrons. The second kappa shape index (κ2) is 58.0. The highest BCUT2D eigenvalue weighted by molar-refractivity contribution is 5.71. The van der Waals surface area contributed by atoms with Crippen LogP contribution in [-0.2, 0) is 28.6 Å². The highest BCUT2D eigenvalue weighted by atomic mass is 16.6. The molecule has 0 aromatic heterocycles. The van der Waals surface area contributed by atoms with Gasteiger partial charge in [-0.2, -0.15) is 0 Å². The smallest absolute Gasteiger partial charge is 0.306 e. The van der Waals surface area contributed by atoms with Crippen molar-refractivity contribution >= 4 is 17.9 Å². The summed E-state index contributed by atoms with van der Waals surface area (Å²) >= 11 is 0. The van der Waals surface area contributed by atoms with E-state index in [1.54, 1.807) is 0 Å². The Morgan fingerprint density at radius 1 is 0.235 bits per heavy atom. The fourth-order valence-corrected chi connectivity index (χ4v) is 9.68. The van der Waals surface area contributed by atoms with E-state index in [4.69, 9.17) is 14.2 Å². The second-order valence-corrected chi connectivity index (χ2v) is 21.3. The molecule has 0 aliphatic heterocycles. The summed E-state index contributed by atoms with van der Waals surface area (Å²) in [4.78, 5) is 38.2. The molecule has 6 heteroatoms. The molecule has 0 aliphatic rings. The van der Waals surface area contributed by atoms with Gasteiger partial charge in [0.15, 0.2) is 6.10 Å². The van der Waals surface area contributed by atoms with E-state index in [0.717, 1.165) is 57.8 Å². The normalized spacial score (nSPS) is 11.9. The average Bonchev–Trinajstić information content (AvgIpc) is 3.34. The number of unbranched alkanes of at least 4 members (excludes halogenated alkanes) is 47. The van der Waals surface area contributed by atoms with Crippen LogP contribution in [0, 0.1) is 0 Å². The summed E-state index contributed by atoms with van der Waals surface area (Å²) in [5.74, 6) is -0.827. The van der Waals surface area contributed by atoms with Crippen LogP contribution in [0.25, 0.3) is 0 Å². The minimum Gasteiger partial charge on any atom is -0.462 e. The molecule has 0 bridgehead atoms. The first-order valence-corrected chi connectivity index (χ1v) is 31.0. The maximum atomic E-state index is 12.9. The number of carbonyl (C=O) groups is 3. The van der Waals surface area contributed by atoms with Crippen LogP contribution in [0.15, 0.2) is 0 Å². The van der Waals surface area contributed by atoms with Crippen LogP contribution < -0.4 is 0 Å². The first kappa shape index (κ1) is 66.4. The van der Waals surface area contributed by atoms with Gasteiger partial charge in [0.05, 0.1) is 0 Å². The van der Waals surface area contributed by atoms with Crippen molar-refractivity contribution in [3.8, 4) is 0 Å². The molecule has 0 amide bonds. The van der Waals surface area contributed by atoms with E-state index in [1.807, 2.05) is 0 Å². The van der Waals surface area contributed by atoms with Crippen molar-refractivity contribution < 1.29 is 28.6 Å². The third kappa shape index (κ3) is 55.3. The monoisotopic (exact) mass is 961 g/mol. The molecule has 68 heavy (non-hydrogen) atoms. The number of ether oxygens (including phenoxy) is 3. The van der Waals surface area contributed by atoms with Crippen molar-refractivity contribution in [3.63, 3.8) is 0 Å². The highest BCUT2D eigenvalue weighted by Gasteiger charge is 2.19. The van der Waals surface area contributed by atoms with Crippen LogP contribution in [-0.4, -0.2) is 37.2 Å². The lowest BCUT2D eigenvalue weighted by molar-refractivity contribution is -0.167. The highest BCUT2D eigenvalue weighted by Crippen LogP contribution is 2.18. The average molecular weight is 962 g/mol. The Morgan fingerprint density at radius 2 is 0.397 bits per heavy atom. The molecule has 0 rings (SSSR count). The summed E-state index contributed by atoms with van der Waals surface area (Å²) in [6, 6.07) is 0. The quantitative estimate of drug-likeness (QED) is 0.0343. The predicted octanol–water partition coefficient (Wildman–Crippen LogP) is 20.7. The molecule has 0 unspecified atom stereocenters. The molecule has 0 N–H and O–H groups in total. The molecular formula is C62H120O6. The SMILES string of the molecule is CCCCCCCCCCCCCCCCCCCCCC(=O)OC[C@@H](COC(=O)CCCCCCCCCCCCCCCCCCC)OC(=O)CCCCCCCCCCCCCCCC. The van der Waals surface area contributed by atoms with E-state index in [9.17, 15) is 14.4 Å². The lowest BCUT2D eigenvalue weighted by Crippen LogP contribution is -2.30. The molecule has 0 radical (unpaired) electrons. The van der Waals surface area contributed by atoms with Gasteiger partial charge in [-0.3, -0.25) is 14.4 Å². The Morgan fingerprint density at radius 3 is 0.588 bits per heavy atom. The van der Waals surface area contributed by atoms with Gasteiger partial charge in [0.1, 0.15) is 13.2 Å². The van der Waals surface area contributed by atoms with E-state index in [0.29, 0.717) is 19.3 Å². The third-order valence-corrected chi connectivity index (χ3v) is 14.4. The topological polar surface area (TPSA) is 78.9 Å². The molecule has 0 saturated heterocycles. The number of esters is 3. The number of hydrogen-bond donors (Lipinski definition) is 0. The van der Waals surface area contributed by atoms with Crippen molar-refractivity contribution in [2.75, 3.05) is 13.2 Å². The summed E-state index contributed by atoms with van der Waals surface area (Å²) in [5, 5.41) is 0. The number of carbonyl (C=O) groups excluding carboxylic acids is 3. The van der Waals surface area contributed by atoms with Gasteiger partial charge >= 0.3 is 17.9 Å². The summed E-state index contributed by atoms with van der Waals surface area (Å²) < 4.78 is 16.9. The standard InChI is InChI=1S/C62H120O6/c1-4-7-10-13-16-19-22-25-28-30-31-33-35-38-40-43-46-49-52-55-61(64)67-58-59(68-62(65)56-53-50-47-44-41-36-27-24-21-18-15-12-9-6-3)57-66-60(63)54-51-48-45-42-39-37-34-32-29-26-23-20-17-14-11-8-5-2/h59H,4-58H2,1-3H3/t59-/m1/s1. The molecule has 0 fully saturated rings. The number of rotatable bonds is 58. The number of hydrogen-bond acceptors (Lipinski definition) is 6. The first-order valence-electron chi connectivity index (χ1n) is 31.0. The van der Waals surface area contributed by atoms with Gasteiger partial charge in [-0.25, -0.2) is 0 Å². The molecule has 6 nitrogen and oxygen atoms in total. The summed E-state index contributed by atoms with van der Waals surface area (Å²) in [6.45, 7) is 6.72. The molecule has 0 aliphatic carbocycles. The molecule has 0 spiro atoms. The maximum Gasteiger partial charge on any atom is 0.306 e. The predicted molar refractivity (Wildman–Crippen MR) is 294 cm³/mol. The Kier molecular flexibility index (Phi) is 56.6. The van der Waals surface area contributed by atoms with Gasteiger partial charge < -0.3 is 14.2 Å². The van der Waals surface area contributed by atoms with Gasteiger partial charge in [-0.15, -0.1) is 0 Å². The zero-order valence-electron chi connectivity index (χ0n) is 46.4. The zero-order chi connectivity index (χ0) is 49.3. The minimum absolute atomic E-state index is 0.0607. The van der Waals surface area contributed by atoms with Crippen LogP contribution in [0.2, 0.25) is 0 Å². The van der Waals surface area contributed by atoms with E-state index in [1.165, 1.54) is 263 Å². The Hall–Kier alpha value is -1.59. The van der Waals surface area contributed by atoms with Crippen LogP contribution >= 0.6 is 0 Å². The first-order chi connectivity index (χ1) is 33.5. The van der Waals surface area contributed by atoms with E-state index < -0.39 is 6.10 Å². The van der Waals surface area contributed by atoms with Crippen LogP contribution in [0.1, 0.15) is 361 Å². The Labute approximate surface area is 425 Å². The van der Waals surface area contributed by atoms with Crippen molar-refractivity contribution in [3.05, 3.63) is 0 Å². The molecule has 0 heterocycles. The molecule has 1 atom stereocenters. The molecular weight excluding hydrogens is 841 g/mol. The van der Waals surface area contributed by atoms with Gasteiger partial charge in [0.25, 0.3) is 0 Å². The van der Waals surface area contributed by atoms with E-state index in [2.05, 4.69) is 20.8 Å². The molecule has 0 saturated carbocycles. The van der Waals surface area contributed by atoms with Gasteiger partial charge in [0, 0.05) is 19.3 Å². The lowest BCUT2D eigenvalue weighted by atomic mass is 10.0. The summed E-state index contributed by atoms with van der Waals surface area (Å²) in [6.07, 6.45) is 65.3. The van der Waals surface area contributed by atoms with Gasteiger partial charge in [-0.1, -0.05) is 323 Å². The van der Waals surface area contributed by atoms with E-state index in [-0.39, 0.29) is 31.1 Å². The van der Waals surface area contributed by atoms with Crippen molar-refractivity contribution in [1.29, 1.82) is 0 Å². The lowest BCUT2D eigenvalue weighted by Gasteiger charge is -2.18. The van der Waals surface area contributed by atoms with Crippen LogP contribution in [0.3, 0.4) is 0 Å². The summed E-state index contributed by atoms with van der Waals surface area (Å²) in [7, 11) is 0. The van der Waals surface area contributed by atoms with Crippen molar-refractivity contribution in [2.45, 2.75) is 367 Å². The molecule has 0 aromatic carbocycles. The fraction of sp³-hybridized carbons (Fsp3) is 0.952. The van der Waals surface area contributed by atoms with Crippen molar-refractivity contribution in [1.82, 2.24) is 0 Å². The van der Waals surface area contributed by atoms with Crippen LogP contribution in [0.4, 0.5) is 0 Å². The Balaban J connectivity index is 4.26. The summed E-state index contributed by atoms with van der Waals surface area (Å²) in [5.41, 5.74) is 0. The fourth-order valence-electron chi connectivity index (χ4n) is 9.68. The molecule has 0 aromatic rings. The van der Waals surface area contributed by atoms with Gasteiger partial charge in [0.2, 0.25) is 0 Å². The second-order valence-electron chi connectivity index (χ2n) is 21.3. The van der Waals surface area contributed by atoms with Crippen molar-refractivity contribution in [2.24, 2.45) is 0 Å². The third-order valence-electron chi connectivity index (χ3n) is 14.4. The maximum absolute atomic E-state index is 12.9. The zero-order valence-corrected chi connectivity index (χ0v) is 46.4. The minimum atomic E-state index is -0.761. The largest absolute Gasteiger partial charge is 0.462 e. The Bertz CT molecular complexity index is 1010. The van der Waals surface area contributed by atoms with Crippen LogP contribution in [0.5, 0.6) is 0 Å².